The van der Waals surface area contributed by atoms with E-state index in [2.05, 4.69) is 0 Å². The lowest BCUT2D eigenvalue weighted by Crippen LogP contribution is -2.02. The van der Waals surface area contributed by atoms with Crippen molar-refractivity contribution in [2.24, 2.45) is 4.99 Å². The van der Waals surface area contributed by atoms with Crippen molar-refractivity contribution in [1.29, 1.82) is 0 Å². The molecule has 0 amide bonds. The third-order valence-electron chi connectivity index (χ3n) is 4.03. The van der Waals surface area contributed by atoms with Crippen LogP contribution in [0.4, 0.5) is 14.5 Å². The Morgan fingerprint density at radius 3 is 2.43 bits per heavy atom. The number of aliphatic imine (C=N–C) groups is 1. The van der Waals surface area contributed by atoms with Crippen molar-refractivity contribution in [3.63, 3.8) is 0 Å². The standard InChI is InChI=1S/C23H18ClF2NS/c1-16-5-9-19(10-6-16)27-22(23-17(15-25)3-2-4-21(23)24)13-14-28-20-11-7-18(26)8-12-20/h2-14H,15H2,1H3/b14-13+,27-22?. The molecule has 0 aliphatic carbocycles. The van der Waals surface area contributed by atoms with Crippen LogP contribution in [0.15, 0.2) is 88.1 Å². The molecule has 0 saturated carbocycles. The van der Waals surface area contributed by atoms with Crippen molar-refractivity contribution in [2.45, 2.75) is 18.5 Å². The lowest BCUT2D eigenvalue weighted by atomic mass is 10.0. The number of halogens is 3. The average Bonchev–Trinajstić information content (AvgIpc) is 2.70. The average molecular weight is 414 g/mol. The molecule has 0 radical (unpaired) electrons. The molecule has 3 rings (SSSR count). The monoisotopic (exact) mass is 413 g/mol. The van der Waals surface area contributed by atoms with Crippen molar-refractivity contribution in [3.05, 3.63) is 106 Å². The highest BCUT2D eigenvalue weighted by atomic mass is 35.5. The smallest absolute Gasteiger partial charge is 0.123 e. The van der Waals surface area contributed by atoms with Gasteiger partial charge >= 0.3 is 0 Å². The number of hydrogen-bond acceptors (Lipinski definition) is 2. The largest absolute Gasteiger partial charge is 0.248 e. The minimum Gasteiger partial charge on any atom is -0.248 e. The SMILES string of the molecule is Cc1ccc(N=C(/C=C/Sc2ccc(F)cc2)c2c(Cl)cccc2CF)cc1. The molecule has 142 valence electrons. The van der Waals surface area contributed by atoms with E-state index in [1.807, 2.05) is 36.6 Å². The number of aryl methyl sites for hydroxylation is 1. The Labute approximate surface area is 172 Å². The molecule has 0 unspecified atom stereocenters. The lowest BCUT2D eigenvalue weighted by Gasteiger charge is -2.10. The maximum atomic E-state index is 13.6. The van der Waals surface area contributed by atoms with Crippen molar-refractivity contribution in [3.8, 4) is 0 Å². The summed E-state index contributed by atoms with van der Waals surface area (Å²) in [6, 6.07) is 19.1. The Morgan fingerprint density at radius 1 is 1.04 bits per heavy atom. The second-order valence-corrected chi connectivity index (χ2v) is 7.50. The van der Waals surface area contributed by atoms with Crippen molar-refractivity contribution >= 4 is 34.8 Å². The first-order chi connectivity index (χ1) is 13.6. The molecule has 0 bridgehead atoms. The minimum atomic E-state index is -0.637. The van der Waals surface area contributed by atoms with E-state index in [-0.39, 0.29) is 5.82 Å². The van der Waals surface area contributed by atoms with Crippen LogP contribution >= 0.6 is 23.4 Å². The minimum absolute atomic E-state index is 0.279. The summed E-state index contributed by atoms with van der Waals surface area (Å²) in [5, 5.41) is 2.28. The molecular weight excluding hydrogens is 396 g/mol. The van der Waals surface area contributed by atoms with Gasteiger partial charge in [-0.05, 0) is 66.4 Å². The van der Waals surface area contributed by atoms with Gasteiger partial charge in [-0.25, -0.2) is 13.8 Å². The van der Waals surface area contributed by atoms with Gasteiger partial charge in [0.25, 0.3) is 0 Å². The van der Waals surface area contributed by atoms with Crippen molar-refractivity contribution in [2.75, 3.05) is 0 Å². The van der Waals surface area contributed by atoms with Crippen LogP contribution in [0.2, 0.25) is 5.02 Å². The first-order valence-corrected chi connectivity index (χ1v) is 9.90. The molecule has 28 heavy (non-hydrogen) atoms. The second kappa shape index (κ2) is 9.67. The first kappa shape index (κ1) is 20.3. The molecule has 0 fully saturated rings. The van der Waals surface area contributed by atoms with E-state index >= 15 is 0 Å². The Hall–Kier alpha value is -2.43. The van der Waals surface area contributed by atoms with Gasteiger partial charge in [0.1, 0.15) is 12.5 Å². The summed E-state index contributed by atoms with van der Waals surface area (Å²) < 4.78 is 26.6. The molecule has 1 nitrogen and oxygen atoms in total. The van der Waals surface area contributed by atoms with Crippen LogP contribution in [-0.2, 0) is 6.67 Å². The van der Waals surface area contributed by atoms with Gasteiger partial charge in [0.15, 0.2) is 0 Å². The van der Waals surface area contributed by atoms with E-state index < -0.39 is 6.67 Å². The van der Waals surface area contributed by atoms with Gasteiger partial charge in [0.2, 0.25) is 0 Å². The fourth-order valence-corrected chi connectivity index (χ4v) is 3.53. The van der Waals surface area contributed by atoms with Gasteiger partial charge in [0, 0.05) is 10.5 Å². The fraction of sp³-hybridized carbons (Fsp3) is 0.0870. The predicted molar refractivity (Wildman–Crippen MR) is 115 cm³/mol. The summed E-state index contributed by atoms with van der Waals surface area (Å²) in [6.45, 7) is 1.37. The normalized spacial score (nSPS) is 11.9. The topological polar surface area (TPSA) is 12.4 Å². The molecule has 0 aliphatic heterocycles. The third kappa shape index (κ3) is 5.31. The molecule has 3 aromatic carbocycles. The molecule has 0 saturated heterocycles. The van der Waals surface area contributed by atoms with Crippen LogP contribution in [0.5, 0.6) is 0 Å². The predicted octanol–water partition coefficient (Wildman–Crippen LogP) is 7.68. The van der Waals surface area contributed by atoms with Crippen molar-refractivity contribution < 1.29 is 8.78 Å². The fourth-order valence-electron chi connectivity index (χ4n) is 2.59. The Bertz CT molecular complexity index is 996. The van der Waals surface area contributed by atoms with Crippen LogP contribution in [0.25, 0.3) is 0 Å². The van der Waals surface area contributed by atoms with E-state index in [1.54, 1.807) is 36.4 Å². The number of allylic oxidation sites excluding steroid dienone is 1. The van der Waals surface area contributed by atoms with Gasteiger partial charge in [-0.2, -0.15) is 0 Å². The maximum Gasteiger partial charge on any atom is 0.123 e. The Kier molecular flexibility index (Phi) is 7.01. The zero-order valence-corrected chi connectivity index (χ0v) is 16.8. The number of nitrogens with zero attached hydrogens (tertiary/aromatic N) is 1. The zero-order valence-electron chi connectivity index (χ0n) is 15.2. The molecule has 0 aromatic heterocycles. The highest BCUT2D eigenvalue weighted by Gasteiger charge is 2.12. The van der Waals surface area contributed by atoms with Crippen LogP contribution in [-0.4, -0.2) is 5.71 Å². The third-order valence-corrected chi connectivity index (χ3v) is 5.16. The van der Waals surface area contributed by atoms with Crippen molar-refractivity contribution in [1.82, 2.24) is 0 Å². The molecule has 0 N–H and O–H groups in total. The highest BCUT2D eigenvalue weighted by molar-refractivity contribution is 8.02. The zero-order chi connectivity index (χ0) is 19.9. The number of hydrogen-bond donors (Lipinski definition) is 0. The quantitative estimate of drug-likeness (QED) is 0.298. The highest BCUT2D eigenvalue weighted by Crippen LogP contribution is 2.26. The van der Waals surface area contributed by atoms with E-state index in [0.717, 1.165) is 16.1 Å². The van der Waals surface area contributed by atoms with Gasteiger partial charge in [-0.3, -0.25) is 0 Å². The van der Waals surface area contributed by atoms with E-state index in [4.69, 9.17) is 16.6 Å². The molecule has 0 aliphatic rings. The Morgan fingerprint density at radius 2 is 1.75 bits per heavy atom. The summed E-state index contributed by atoms with van der Waals surface area (Å²) >= 11 is 7.80. The number of rotatable bonds is 6. The second-order valence-electron chi connectivity index (χ2n) is 6.11. The molecular formula is C23H18ClF2NS. The maximum absolute atomic E-state index is 13.6. The molecule has 0 heterocycles. The van der Waals surface area contributed by atoms with Gasteiger partial charge in [0.05, 0.1) is 16.4 Å². The molecule has 0 spiro atoms. The van der Waals surface area contributed by atoms with Crippen LogP contribution in [0, 0.1) is 12.7 Å². The Balaban J connectivity index is 1.98. The van der Waals surface area contributed by atoms with Gasteiger partial charge in [-0.1, -0.05) is 53.2 Å². The summed E-state index contributed by atoms with van der Waals surface area (Å²) in [5.74, 6) is -0.279. The van der Waals surface area contributed by atoms with Gasteiger partial charge in [-0.15, -0.1) is 0 Å². The molecule has 5 heteroatoms. The molecule has 0 atom stereocenters. The summed E-state index contributed by atoms with van der Waals surface area (Å²) in [4.78, 5) is 5.58. The van der Waals surface area contributed by atoms with Crippen LogP contribution in [0.3, 0.4) is 0 Å². The molecule has 3 aromatic rings. The first-order valence-electron chi connectivity index (χ1n) is 8.64. The number of thioether (sulfide) groups is 1. The van der Waals surface area contributed by atoms with E-state index in [9.17, 15) is 8.78 Å². The summed E-state index contributed by atoms with van der Waals surface area (Å²) in [6.07, 6.45) is 1.80. The van der Waals surface area contributed by atoms with E-state index in [0.29, 0.717) is 21.9 Å². The van der Waals surface area contributed by atoms with Gasteiger partial charge < -0.3 is 0 Å². The number of alkyl halides is 1. The van der Waals surface area contributed by atoms with Crippen LogP contribution in [0.1, 0.15) is 16.7 Å². The number of benzene rings is 3. The summed E-state index contributed by atoms with van der Waals surface area (Å²) in [5.41, 5.74) is 3.50. The lowest BCUT2D eigenvalue weighted by molar-refractivity contribution is 0.485. The van der Waals surface area contributed by atoms with E-state index in [1.165, 1.54) is 23.9 Å². The summed E-state index contributed by atoms with van der Waals surface area (Å²) in [7, 11) is 0. The van der Waals surface area contributed by atoms with Crippen LogP contribution < -0.4 is 0 Å².